The lowest BCUT2D eigenvalue weighted by atomic mass is 10.0. The monoisotopic (exact) mass is 249 g/mol. The third-order valence-corrected chi connectivity index (χ3v) is 3.38. The van der Waals surface area contributed by atoms with Gasteiger partial charge in [-0.1, -0.05) is 18.2 Å². The van der Waals surface area contributed by atoms with Crippen LogP contribution in [0.25, 0.3) is 0 Å². The predicted octanol–water partition coefficient (Wildman–Crippen LogP) is 3.10. The highest BCUT2D eigenvalue weighted by Crippen LogP contribution is 2.32. The maximum Gasteiger partial charge on any atom is 0.165 e. The summed E-state index contributed by atoms with van der Waals surface area (Å²) in [6, 6.07) is 5.93. The van der Waals surface area contributed by atoms with E-state index in [-0.39, 0.29) is 5.54 Å². The lowest BCUT2D eigenvalue weighted by Crippen LogP contribution is -2.38. The van der Waals surface area contributed by atoms with Crippen LogP contribution in [0.15, 0.2) is 30.9 Å². The van der Waals surface area contributed by atoms with E-state index in [9.17, 15) is 0 Å². The number of ether oxygens (including phenoxy) is 2. The van der Waals surface area contributed by atoms with Crippen LogP contribution in [0.1, 0.15) is 19.4 Å². The Kier molecular flexibility index (Phi) is 4.79. The number of hydrogen-bond donors (Lipinski definition) is 0. The fourth-order valence-corrected chi connectivity index (χ4v) is 1.69. The van der Waals surface area contributed by atoms with Crippen LogP contribution < -0.4 is 9.47 Å². The lowest BCUT2D eigenvalue weighted by molar-refractivity contribution is 0.193. The van der Waals surface area contributed by atoms with E-state index in [0.717, 1.165) is 23.6 Å². The number of methoxy groups -OCH3 is 2. The van der Waals surface area contributed by atoms with Gasteiger partial charge in [0, 0.05) is 17.6 Å². The molecule has 100 valence electrons. The van der Waals surface area contributed by atoms with Crippen LogP contribution in [0.3, 0.4) is 0 Å². The Bertz CT molecular complexity index is 413. The highest BCUT2D eigenvalue weighted by Gasteiger charge is 2.21. The molecule has 0 N–H and O–H groups in total. The minimum atomic E-state index is -0.0614. The van der Waals surface area contributed by atoms with Gasteiger partial charge in [0.1, 0.15) is 0 Å². The summed E-state index contributed by atoms with van der Waals surface area (Å²) in [5, 5.41) is 0. The van der Waals surface area contributed by atoms with E-state index in [1.54, 1.807) is 14.2 Å². The second kappa shape index (κ2) is 5.91. The molecule has 0 saturated heterocycles. The molecule has 0 saturated carbocycles. The van der Waals surface area contributed by atoms with Gasteiger partial charge in [-0.2, -0.15) is 0 Å². The molecule has 1 aromatic carbocycles. The summed E-state index contributed by atoms with van der Waals surface area (Å²) in [4.78, 5) is 2.22. The van der Waals surface area contributed by atoms with Crippen molar-refractivity contribution in [3.05, 3.63) is 36.4 Å². The maximum absolute atomic E-state index is 5.44. The zero-order valence-corrected chi connectivity index (χ0v) is 12.0. The van der Waals surface area contributed by atoms with Crippen LogP contribution in [0.5, 0.6) is 11.5 Å². The quantitative estimate of drug-likeness (QED) is 0.723. The fourth-order valence-electron chi connectivity index (χ4n) is 1.69. The van der Waals surface area contributed by atoms with Gasteiger partial charge in [-0.3, -0.25) is 4.90 Å². The minimum Gasteiger partial charge on any atom is -0.493 e. The van der Waals surface area contributed by atoms with E-state index in [0.29, 0.717) is 0 Å². The first-order valence-electron chi connectivity index (χ1n) is 6.01. The SMILES string of the molecule is C=CC(C)(C)N(C)Cc1cccc(OC)c1OC. The van der Waals surface area contributed by atoms with Crippen LogP contribution in [0.4, 0.5) is 0 Å². The smallest absolute Gasteiger partial charge is 0.165 e. The predicted molar refractivity (Wildman–Crippen MR) is 75.3 cm³/mol. The van der Waals surface area contributed by atoms with Crippen LogP contribution in [0, 0.1) is 0 Å². The Morgan fingerprint density at radius 2 is 1.94 bits per heavy atom. The minimum absolute atomic E-state index is 0.0614. The molecule has 0 aliphatic rings. The molecule has 0 atom stereocenters. The van der Waals surface area contributed by atoms with Crippen molar-refractivity contribution in [3.63, 3.8) is 0 Å². The van der Waals surface area contributed by atoms with Crippen molar-refractivity contribution in [2.24, 2.45) is 0 Å². The second-order valence-corrected chi connectivity index (χ2v) is 4.87. The van der Waals surface area contributed by atoms with Crippen molar-refractivity contribution in [1.82, 2.24) is 4.90 Å². The van der Waals surface area contributed by atoms with Crippen molar-refractivity contribution >= 4 is 0 Å². The molecule has 0 bridgehead atoms. The largest absolute Gasteiger partial charge is 0.493 e. The standard InChI is InChI=1S/C15H23NO2/c1-7-15(2,3)16(4)11-12-9-8-10-13(17-5)14(12)18-6/h7-10H,1,11H2,2-6H3. The highest BCUT2D eigenvalue weighted by molar-refractivity contribution is 5.46. The lowest BCUT2D eigenvalue weighted by Gasteiger charge is -2.33. The zero-order valence-electron chi connectivity index (χ0n) is 12.0. The van der Waals surface area contributed by atoms with Crippen molar-refractivity contribution in [2.45, 2.75) is 25.9 Å². The molecule has 0 heterocycles. The second-order valence-electron chi connectivity index (χ2n) is 4.87. The molecule has 18 heavy (non-hydrogen) atoms. The number of nitrogens with zero attached hydrogens (tertiary/aromatic N) is 1. The van der Waals surface area contributed by atoms with Gasteiger partial charge in [0.05, 0.1) is 14.2 Å². The van der Waals surface area contributed by atoms with Gasteiger partial charge in [-0.15, -0.1) is 6.58 Å². The third-order valence-electron chi connectivity index (χ3n) is 3.38. The first-order valence-corrected chi connectivity index (χ1v) is 6.01. The molecule has 3 nitrogen and oxygen atoms in total. The van der Waals surface area contributed by atoms with Crippen molar-refractivity contribution < 1.29 is 9.47 Å². The number of para-hydroxylation sites is 1. The van der Waals surface area contributed by atoms with E-state index in [4.69, 9.17) is 9.47 Å². The number of rotatable bonds is 6. The Balaban J connectivity index is 3.01. The van der Waals surface area contributed by atoms with Gasteiger partial charge < -0.3 is 9.47 Å². The summed E-state index contributed by atoms with van der Waals surface area (Å²) in [6.07, 6.45) is 1.94. The summed E-state index contributed by atoms with van der Waals surface area (Å²) < 4.78 is 10.7. The van der Waals surface area contributed by atoms with Crippen LogP contribution in [-0.4, -0.2) is 31.7 Å². The van der Waals surface area contributed by atoms with E-state index in [2.05, 4.69) is 38.4 Å². The average Bonchev–Trinajstić information content (AvgIpc) is 2.38. The molecule has 0 aliphatic carbocycles. The van der Waals surface area contributed by atoms with Crippen LogP contribution in [0.2, 0.25) is 0 Å². The molecule has 0 aliphatic heterocycles. The van der Waals surface area contributed by atoms with Crippen molar-refractivity contribution in [2.75, 3.05) is 21.3 Å². The van der Waals surface area contributed by atoms with Crippen LogP contribution in [-0.2, 0) is 6.54 Å². The number of hydrogen-bond acceptors (Lipinski definition) is 3. The molecule has 0 aromatic heterocycles. The summed E-state index contributed by atoms with van der Waals surface area (Å²) in [7, 11) is 5.39. The maximum atomic E-state index is 5.44. The average molecular weight is 249 g/mol. The van der Waals surface area contributed by atoms with Gasteiger partial charge >= 0.3 is 0 Å². The Labute approximate surface area is 110 Å². The summed E-state index contributed by atoms with van der Waals surface area (Å²) in [6.45, 7) is 8.91. The first kappa shape index (κ1) is 14.6. The van der Waals surface area contributed by atoms with Gasteiger partial charge in [0.15, 0.2) is 11.5 Å². The van der Waals surface area contributed by atoms with E-state index in [1.807, 2.05) is 18.2 Å². The van der Waals surface area contributed by atoms with Gasteiger partial charge in [-0.25, -0.2) is 0 Å². The third kappa shape index (κ3) is 3.05. The molecule has 0 fully saturated rings. The molecule has 3 heteroatoms. The summed E-state index contributed by atoms with van der Waals surface area (Å²) in [5.41, 5.74) is 1.04. The van der Waals surface area contributed by atoms with E-state index >= 15 is 0 Å². The zero-order chi connectivity index (χ0) is 13.8. The molecule has 1 rings (SSSR count). The van der Waals surface area contributed by atoms with Crippen molar-refractivity contribution in [1.29, 1.82) is 0 Å². The molecule has 0 amide bonds. The Morgan fingerprint density at radius 3 is 2.44 bits per heavy atom. The number of likely N-dealkylation sites (N-methyl/N-ethyl adjacent to an activating group) is 1. The number of benzene rings is 1. The molecule has 1 aromatic rings. The fraction of sp³-hybridized carbons (Fsp3) is 0.467. The molecular weight excluding hydrogens is 226 g/mol. The highest BCUT2D eigenvalue weighted by atomic mass is 16.5. The van der Waals surface area contributed by atoms with E-state index in [1.165, 1.54) is 0 Å². The molecule has 0 spiro atoms. The normalized spacial score (nSPS) is 11.4. The van der Waals surface area contributed by atoms with Gasteiger partial charge in [0.2, 0.25) is 0 Å². The molecule has 0 radical (unpaired) electrons. The topological polar surface area (TPSA) is 21.7 Å². The van der Waals surface area contributed by atoms with Gasteiger partial charge in [-0.05, 0) is 27.0 Å². The van der Waals surface area contributed by atoms with Crippen LogP contribution >= 0.6 is 0 Å². The summed E-state index contributed by atoms with van der Waals surface area (Å²) >= 11 is 0. The summed E-state index contributed by atoms with van der Waals surface area (Å²) in [5.74, 6) is 1.56. The molecular formula is C15H23NO2. The van der Waals surface area contributed by atoms with E-state index < -0.39 is 0 Å². The first-order chi connectivity index (χ1) is 8.46. The Hall–Kier alpha value is -1.48. The van der Waals surface area contributed by atoms with Gasteiger partial charge in [0.25, 0.3) is 0 Å². The molecule has 0 unspecified atom stereocenters. The van der Waals surface area contributed by atoms with Crippen molar-refractivity contribution in [3.8, 4) is 11.5 Å². The Morgan fingerprint density at radius 1 is 1.28 bits per heavy atom.